The van der Waals surface area contributed by atoms with Crippen LogP contribution in [0, 0.1) is 11.3 Å². The molecule has 68 valence electrons. The van der Waals surface area contributed by atoms with Crippen LogP contribution in [0.5, 0.6) is 0 Å². The minimum atomic E-state index is 0.157. The maximum atomic E-state index is 8.62. The molecule has 0 bridgehead atoms. The van der Waals surface area contributed by atoms with Gasteiger partial charge in [0.25, 0.3) is 0 Å². The first kappa shape index (κ1) is 8.11. The number of nitrogens with two attached hydrogens (primary N) is 1. The number of nitrogens with zero attached hydrogens (tertiary/aromatic N) is 2. The van der Waals surface area contributed by atoms with Crippen molar-refractivity contribution in [2.24, 2.45) is 0 Å². The van der Waals surface area contributed by atoms with Gasteiger partial charge in [0.1, 0.15) is 6.07 Å². The van der Waals surface area contributed by atoms with Crippen LogP contribution in [0.1, 0.15) is 43.2 Å². The van der Waals surface area contributed by atoms with Gasteiger partial charge < -0.3 is 10.2 Å². The van der Waals surface area contributed by atoms with E-state index in [-0.39, 0.29) is 11.6 Å². The normalized spacial score (nSPS) is 17.5. The molecule has 2 N–H and O–H groups in total. The molecule has 0 unspecified atom stereocenters. The number of hydrogen-bond acceptors (Lipinski definition) is 4. The monoisotopic (exact) mass is 177 g/mol. The minimum absolute atomic E-state index is 0.157. The number of rotatable bonds is 1. The van der Waals surface area contributed by atoms with E-state index in [2.05, 4.69) is 4.98 Å². The van der Waals surface area contributed by atoms with E-state index in [0.717, 1.165) is 12.8 Å². The zero-order valence-electron chi connectivity index (χ0n) is 7.29. The second-order valence-corrected chi connectivity index (χ2v) is 3.36. The number of aromatic nitrogens is 1. The number of hydrogen-bond donors (Lipinski definition) is 1. The van der Waals surface area contributed by atoms with Crippen molar-refractivity contribution in [1.82, 2.24) is 4.98 Å². The van der Waals surface area contributed by atoms with Crippen LogP contribution in [0.3, 0.4) is 0 Å². The summed E-state index contributed by atoms with van der Waals surface area (Å²) in [5, 5.41) is 8.62. The van der Waals surface area contributed by atoms with E-state index in [1.807, 2.05) is 6.07 Å². The van der Waals surface area contributed by atoms with Gasteiger partial charge in [0.15, 0.2) is 0 Å². The molecule has 4 nitrogen and oxygen atoms in total. The number of nitrogen functional groups attached to an aromatic ring is 1. The molecular weight excluding hydrogens is 166 g/mol. The Morgan fingerprint density at radius 1 is 1.46 bits per heavy atom. The Hall–Kier alpha value is -1.50. The Morgan fingerprint density at radius 2 is 2.15 bits per heavy atom. The summed E-state index contributed by atoms with van der Waals surface area (Å²) in [6, 6.07) is 1.91. The summed E-state index contributed by atoms with van der Waals surface area (Å²) < 4.78 is 5.23. The van der Waals surface area contributed by atoms with Crippen LogP contribution in [0.25, 0.3) is 0 Å². The van der Waals surface area contributed by atoms with Gasteiger partial charge in [0, 0.05) is 5.92 Å². The Balaban J connectivity index is 2.26. The summed E-state index contributed by atoms with van der Waals surface area (Å²) in [7, 11) is 0. The summed E-state index contributed by atoms with van der Waals surface area (Å²) in [6.45, 7) is 0. The molecule has 0 saturated heterocycles. The summed E-state index contributed by atoms with van der Waals surface area (Å²) >= 11 is 0. The van der Waals surface area contributed by atoms with E-state index in [1.165, 1.54) is 12.8 Å². The van der Waals surface area contributed by atoms with Gasteiger partial charge in [-0.15, -0.1) is 0 Å². The predicted octanol–water partition coefficient (Wildman–Crippen LogP) is 1.79. The second kappa shape index (κ2) is 3.09. The molecule has 0 atom stereocenters. The molecule has 13 heavy (non-hydrogen) atoms. The summed E-state index contributed by atoms with van der Waals surface area (Å²) in [6.07, 6.45) is 4.64. The molecule has 0 aliphatic heterocycles. The van der Waals surface area contributed by atoms with Crippen LogP contribution in [0.2, 0.25) is 0 Å². The first-order chi connectivity index (χ1) is 6.31. The molecule has 0 aromatic carbocycles. The van der Waals surface area contributed by atoms with E-state index in [9.17, 15) is 0 Å². The highest BCUT2D eigenvalue weighted by molar-refractivity contribution is 5.40. The first-order valence-electron chi connectivity index (χ1n) is 4.47. The predicted molar refractivity (Wildman–Crippen MR) is 46.8 cm³/mol. The SMILES string of the molecule is N#Cc1nc(C2CCCC2)oc1N. The Labute approximate surface area is 76.4 Å². The molecule has 0 amide bonds. The fourth-order valence-electron chi connectivity index (χ4n) is 1.78. The van der Waals surface area contributed by atoms with Crippen molar-refractivity contribution in [3.05, 3.63) is 11.6 Å². The standard InChI is InChI=1S/C9H11N3O/c10-5-7-8(11)13-9(12-7)6-3-1-2-4-6/h6H,1-4,11H2. The van der Waals surface area contributed by atoms with Crippen molar-refractivity contribution in [1.29, 1.82) is 5.26 Å². The zero-order chi connectivity index (χ0) is 9.26. The van der Waals surface area contributed by atoms with Crippen LogP contribution in [-0.4, -0.2) is 4.98 Å². The number of nitriles is 1. The zero-order valence-corrected chi connectivity index (χ0v) is 7.29. The molecule has 1 fully saturated rings. The van der Waals surface area contributed by atoms with Gasteiger partial charge >= 0.3 is 0 Å². The molecule has 0 spiro atoms. The quantitative estimate of drug-likeness (QED) is 0.709. The van der Waals surface area contributed by atoms with Crippen LogP contribution in [-0.2, 0) is 0 Å². The highest BCUT2D eigenvalue weighted by Crippen LogP contribution is 2.34. The summed E-state index contributed by atoms with van der Waals surface area (Å²) in [5.74, 6) is 1.18. The van der Waals surface area contributed by atoms with E-state index < -0.39 is 0 Å². The smallest absolute Gasteiger partial charge is 0.229 e. The molecule has 1 heterocycles. The first-order valence-corrected chi connectivity index (χ1v) is 4.47. The van der Waals surface area contributed by atoms with Gasteiger partial charge in [-0.2, -0.15) is 5.26 Å². The fraction of sp³-hybridized carbons (Fsp3) is 0.556. The van der Waals surface area contributed by atoms with Gasteiger partial charge in [0.05, 0.1) is 0 Å². The van der Waals surface area contributed by atoms with E-state index in [0.29, 0.717) is 11.8 Å². The number of oxazole rings is 1. The topological polar surface area (TPSA) is 75.8 Å². The molecular formula is C9H11N3O. The van der Waals surface area contributed by atoms with Gasteiger partial charge in [-0.3, -0.25) is 0 Å². The van der Waals surface area contributed by atoms with Crippen molar-refractivity contribution < 1.29 is 4.42 Å². The number of anilines is 1. The lowest BCUT2D eigenvalue weighted by Gasteiger charge is -2.00. The van der Waals surface area contributed by atoms with Crippen molar-refractivity contribution in [3.63, 3.8) is 0 Å². The lowest BCUT2D eigenvalue weighted by Crippen LogP contribution is -1.91. The van der Waals surface area contributed by atoms with Gasteiger partial charge in [-0.05, 0) is 12.8 Å². The molecule has 1 aliphatic carbocycles. The van der Waals surface area contributed by atoms with Gasteiger partial charge in [0.2, 0.25) is 17.5 Å². The highest BCUT2D eigenvalue weighted by Gasteiger charge is 2.23. The van der Waals surface area contributed by atoms with Crippen molar-refractivity contribution in [3.8, 4) is 6.07 Å². The third-order valence-electron chi connectivity index (χ3n) is 2.48. The van der Waals surface area contributed by atoms with Crippen LogP contribution < -0.4 is 5.73 Å². The Kier molecular flexibility index (Phi) is 1.93. The lowest BCUT2D eigenvalue weighted by atomic mass is 10.1. The third-order valence-corrected chi connectivity index (χ3v) is 2.48. The lowest BCUT2D eigenvalue weighted by molar-refractivity contribution is 0.460. The van der Waals surface area contributed by atoms with Crippen LogP contribution in [0.15, 0.2) is 4.42 Å². The van der Waals surface area contributed by atoms with Crippen molar-refractivity contribution in [2.45, 2.75) is 31.6 Å². The average Bonchev–Trinajstić information content (AvgIpc) is 2.71. The van der Waals surface area contributed by atoms with Gasteiger partial charge in [-0.25, -0.2) is 4.98 Å². The average molecular weight is 177 g/mol. The third kappa shape index (κ3) is 1.37. The minimum Gasteiger partial charge on any atom is -0.424 e. The second-order valence-electron chi connectivity index (χ2n) is 3.36. The van der Waals surface area contributed by atoms with Crippen LogP contribution in [0.4, 0.5) is 5.88 Å². The van der Waals surface area contributed by atoms with Crippen molar-refractivity contribution >= 4 is 5.88 Å². The summed E-state index contributed by atoms with van der Waals surface area (Å²) in [4.78, 5) is 4.06. The molecule has 1 aromatic rings. The van der Waals surface area contributed by atoms with E-state index in [4.69, 9.17) is 15.4 Å². The van der Waals surface area contributed by atoms with E-state index in [1.54, 1.807) is 0 Å². The maximum Gasteiger partial charge on any atom is 0.229 e. The fourth-order valence-corrected chi connectivity index (χ4v) is 1.78. The van der Waals surface area contributed by atoms with Crippen molar-refractivity contribution in [2.75, 3.05) is 5.73 Å². The molecule has 2 rings (SSSR count). The molecule has 1 aromatic heterocycles. The Bertz CT molecular complexity index is 344. The molecule has 1 aliphatic rings. The largest absolute Gasteiger partial charge is 0.424 e. The maximum absolute atomic E-state index is 8.62. The Morgan fingerprint density at radius 3 is 2.69 bits per heavy atom. The highest BCUT2D eigenvalue weighted by atomic mass is 16.4. The molecule has 0 radical (unpaired) electrons. The summed E-state index contributed by atoms with van der Waals surface area (Å²) in [5.41, 5.74) is 5.69. The van der Waals surface area contributed by atoms with Gasteiger partial charge in [-0.1, -0.05) is 12.8 Å². The van der Waals surface area contributed by atoms with E-state index >= 15 is 0 Å². The molecule has 1 saturated carbocycles. The molecule has 4 heteroatoms. The van der Waals surface area contributed by atoms with Crippen LogP contribution >= 0.6 is 0 Å².